The number of anilines is 1. The maximum Gasteiger partial charge on any atom is 0.227 e. The van der Waals surface area contributed by atoms with Gasteiger partial charge in [0.05, 0.1) is 19.1 Å². The molecule has 0 saturated carbocycles. The lowest BCUT2D eigenvalue weighted by molar-refractivity contribution is -0.126. The second-order valence-electron chi connectivity index (χ2n) is 7.92. The van der Waals surface area contributed by atoms with Crippen molar-refractivity contribution in [3.05, 3.63) is 42.0 Å². The molecule has 4 rings (SSSR count). The van der Waals surface area contributed by atoms with Gasteiger partial charge in [-0.2, -0.15) is 0 Å². The number of fused-ring (bicyclic) bond motifs is 1. The lowest BCUT2D eigenvalue weighted by atomic mass is 10.1. The van der Waals surface area contributed by atoms with E-state index in [1.807, 2.05) is 38.1 Å². The van der Waals surface area contributed by atoms with E-state index in [1.165, 1.54) is 0 Å². The van der Waals surface area contributed by atoms with Crippen LogP contribution in [0, 0.1) is 5.92 Å². The van der Waals surface area contributed by atoms with Gasteiger partial charge in [0.2, 0.25) is 11.8 Å². The van der Waals surface area contributed by atoms with Crippen LogP contribution in [0.1, 0.15) is 25.8 Å². The smallest absolute Gasteiger partial charge is 0.227 e. The van der Waals surface area contributed by atoms with Gasteiger partial charge in [0.15, 0.2) is 23.0 Å². The Morgan fingerprint density at radius 1 is 1.03 bits per heavy atom. The molecule has 2 aromatic carbocycles. The highest BCUT2D eigenvalue weighted by Gasteiger charge is 2.35. The summed E-state index contributed by atoms with van der Waals surface area (Å²) in [5.41, 5.74) is 1.76. The van der Waals surface area contributed by atoms with E-state index < -0.39 is 0 Å². The molecule has 0 unspecified atom stereocenters. The predicted octanol–water partition coefficient (Wildman–Crippen LogP) is 2.97. The zero-order valence-electron chi connectivity index (χ0n) is 19.1. The second kappa shape index (κ2) is 10.5. The summed E-state index contributed by atoms with van der Waals surface area (Å²) >= 11 is 0. The zero-order valence-corrected chi connectivity index (χ0v) is 19.1. The van der Waals surface area contributed by atoms with Gasteiger partial charge in [-0.3, -0.25) is 9.59 Å². The monoisotopic (exact) mass is 454 g/mol. The number of carbonyl (C=O) groups is 2. The van der Waals surface area contributed by atoms with Gasteiger partial charge in [-0.15, -0.1) is 0 Å². The summed E-state index contributed by atoms with van der Waals surface area (Å²) in [5.74, 6) is 2.16. The Morgan fingerprint density at radius 2 is 1.79 bits per heavy atom. The average Bonchev–Trinajstić information content (AvgIpc) is 3.22. The number of amides is 2. The maximum atomic E-state index is 12.7. The van der Waals surface area contributed by atoms with Crippen LogP contribution in [0.4, 0.5) is 5.69 Å². The number of benzene rings is 2. The Hall–Kier alpha value is -3.42. The van der Waals surface area contributed by atoms with Gasteiger partial charge in [0.1, 0.15) is 13.2 Å². The minimum atomic E-state index is -0.384. The highest BCUT2D eigenvalue weighted by Crippen LogP contribution is 2.36. The maximum absolute atomic E-state index is 12.7. The summed E-state index contributed by atoms with van der Waals surface area (Å²) < 4.78 is 22.4. The standard InChI is InChI=1S/C25H30N2O6/c1-3-30-20-7-5-17(13-22(20)31-4-2)9-10-26-25(29)18-14-24(28)27(16-18)19-6-8-21-23(15-19)33-12-11-32-21/h5-8,13,15,18H,3-4,9-12,14,16H2,1-2H3,(H,26,29)/t18-/m0/s1. The van der Waals surface area contributed by atoms with Gasteiger partial charge < -0.3 is 29.2 Å². The molecule has 2 heterocycles. The molecule has 0 aromatic heterocycles. The lowest BCUT2D eigenvalue weighted by Gasteiger charge is -2.22. The van der Waals surface area contributed by atoms with Crippen LogP contribution in [0.5, 0.6) is 23.0 Å². The van der Waals surface area contributed by atoms with Crippen molar-refractivity contribution in [2.45, 2.75) is 26.7 Å². The molecule has 0 spiro atoms. The molecular weight excluding hydrogens is 424 g/mol. The van der Waals surface area contributed by atoms with E-state index in [0.717, 1.165) is 17.0 Å². The van der Waals surface area contributed by atoms with Crippen LogP contribution in [-0.4, -0.2) is 51.3 Å². The third-order valence-corrected chi connectivity index (χ3v) is 5.65. The molecule has 0 radical (unpaired) electrons. The molecule has 2 aliphatic rings. The van der Waals surface area contributed by atoms with Crippen LogP contribution in [0.25, 0.3) is 0 Å². The first-order chi connectivity index (χ1) is 16.1. The molecule has 1 fully saturated rings. The van der Waals surface area contributed by atoms with Gasteiger partial charge in [-0.25, -0.2) is 0 Å². The van der Waals surface area contributed by atoms with E-state index in [4.69, 9.17) is 18.9 Å². The molecule has 1 atom stereocenters. The summed E-state index contributed by atoms with van der Waals surface area (Å²) in [6.07, 6.45) is 0.850. The molecule has 0 aliphatic carbocycles. The number of hydrogen-bond donors (Lipinski definition) is 1. The minimum absolute atomic E-state index is 0.0697. The van der Waals surface area contributed by atoms with Crippen molar-refractivity contribution in [2.24, 2.45) is 5.92 Å². The number of nitrogens with one attached hydrogen (secondary N) is 1. The number of ether oxygens (including phenoxy) is 4. The molecule has 2 aliphatic heterocycles. The summed E-state index contributed by atoms with van der Waals surface area (Å²) in [4.78, 5) is 26.9. The Kier molecular flexibility index (Phi) is 7.22. The molecule has 8 heteroatoms. The van der Waals surface area contributed by atoms with E-state index in [2.05, 4.69) is 5.32 Å². The molecule has 2 amide bonds. The van der Waals surface area contributed by atoms with Gasteiger partial charge in [-0.1, -0.05) is 6.07 Å². The SMILES string of the molecule is CCOc1ccc(CCNC(=O)[C@H]2CC(=O)N(c3ccc4c(c3)OCCO4)C2)cc1OCC. The van der Waals surface area contributed by atoms with Gasteiger partial charge in [0, 0.05) is 31.3 Å². The molecule has 33 heavy (non-hydrogen) atoms. The highest BCUT2D eigenvalue weighted by atomic mass is 16.6. The fraction of sp³-hybridized carbons (Fsp3) is 0.440. The van der Waals surface area contributed by atoms with E-state index in [9.17, 15) is 9.59 Å². The number of hydrogen-bond acceptors (Lipinski definition) is 6. The fourth-order valence-electron chi connectivity index (χ4n) is 4.06. The highest BCUT2D eigenvalue weighted by molar-refractivity contribution is 6.00. The molecular formula is C25H30N2O6. The summed E-state index contributed by atoms with van der Waals surface area (Å²) in [6, 6.07) is 11.2. The first-order valence-corrected chi connectivity index (χ1v) is 11.4. The zero-order chi connectivity index (χ0) is 23.2. The minimum Gasteiger partial charge on any atom is -0.490 e. The van der Waals surface area contributed by atoms with Crippen LogP contribution >= 0.6 is 0 Å². The van der Waals surface area contributed by atoms with Crippen LogP contribution in [0.3, 0.4) is 0 Å². The van der Waals surface area contributed by atoms with Gasteiger partial charge >= 0.3 is 0 Å². The quantitative estimate of drug-likeness (QED) is 0.627. The Morgan fingerprint density at radius 3 is 2.58 bits per heavy atom. The molecule has 0 bridgehead atoms. The predicted molar refractivity (Wildman–Crippen MR) is 123 cm³/mol. The molecule has 176 valence electrons. The van der Waals surface area contributed by atoms with Gasteiger partial charge in [0.25, 0.3) is 0 Å². The number of carbonyl (C=O) groups excluding carboxylic acids is 2. The largest absolute Gasteiger partial charge is 0.490 e. The van der Waals surface area contributed by atoms with Crippen molar-refractivity contribution in [2.75, 3.05) is 44.4 Å². The summed E-state index contributed by atoms with van der Waals surface area (Å²) in [5, 5.41) is 2.97. The average molecular weight is 455 g/mol. The van der Waals surface area contributed by atoms with Crippen LogP contribution in [0.2, 0.25) is 0 Å². The van der Waals surface area contributed by atoms with Crippen molar-refractivity contribution in [3.63, 3.8) is 0 Å². The van der Waals surface area contributed by atoms with Crippen LogP contribution < -0.4 is 29.2 Å². The lowest BCUT2D eigenvalue weighted by Crippen LogP contribution is -2.34. The normalized spacial score (nSPS) is 17.1. The summed E-state index contributed by atoms with van der Waals surface area (Å²) in [6.45, 7) is 6.81. The fourth-order valence-corrected chi connectivity index (χ4v) is 4.06. The topological polar surface area (TPSA) is 86.3 Å². The Balaban J connectivity index is 1.31. The first-order valence-electron chi connectivity index (χ1n) is 11.4. The molecule has 2 aromatic rings. The van der Waals surface area contributed by atoms with Crippen LogP contribution in [-0.2, 0) is 16.0 Å². The molecule has 8 nitrogen and oxygen atoms in total. The third-order valence-electron chi connectivity index (χ3n) is 5.65. The van der Waals surface area contributed by atoms with Crippen molar-refractivity contribution in [3.8, 4) is 23.0 Å². The van der Waals surface area contributed by atoms with Crippen molar-refractivity contribution < 1.29 is 28.5 Å². The van der Waals surface area contributed by atoms with Crippen molar-refractivity contribution in [1.82, 2.24) is 5.32 Å². The van der Waals surface area contributed by atoms with Crippen molar-refractivity contribution >= 4 is 17.5 Å². The first kappa shape index (κ1) is 22.8. The van der Waals surface area contributed by atoms with E-state index in [-0.39, 0.29) is 24.2 Å². The summed E-state index contributed by atoms with van der Waals surface area (Å²) in [7, 11) is 0. The van der Waals surface area contributed by atoms with Crippen LogP contribution in [0.15, 0.2) is 36.4 Å². The Bertz CT molecular complexity index is 1010. The molecule has 1 N–H and O–H groups in total. The van der Waals surface area contributed by atoms with Gasteiger partial charge in [-0.05, 0) is 50.1 Å². The van der Waals surface area contributed by atoms with E-state index in [1.54, 1.807) is 17.0 Å². The number of rotatable bonds is 9. The van der Waals surface area contributed by atoms with E-state index >= 15 is 0 Å². The van der Waals surface area contributed by atoms with E-state index in [0.29, 0.717) is 63.2 Å². The second-order valence-corrected chi connectivity index (χ2v) is 7.92. The van der Waals surface area contributed by atoms with Crippen molar-refractivity contribution in [1.29, 1.82) is 0 Å². The molecule has 1 saturated heterocycles. The Labute approximate surface area is 193 Å². The third kappa shape index (κ3) is 5.32. The number of nitrogens with zero attached hydrogens (tertiary/aromatic N) is 1.